The molecule has 5 heteroatoms. The Kier molecular flexibility index (Phi) is 5.50. The summed E-state index contributed by atoms with van der Waals surface area (Å²) in [6.45, 7) is 6.92. The first-order valence-corrected chi connectivity index (χ1v) is 9.69. The van der Waals surface area contributed by atoms with Gasteiger partial charge in [-0.1, -0.05) is 67.0 Å². The van der Waals surface area contributed by atoms with Gasteiger partial charge < -0.3 is 0 Å². The molecule has 130 valence electrons. The molecule has 1 aromatic heterocycles. The summed E-state index contributed by atoms with van der Waals surface area (Å²) in [4.78, 5) is 17.7. The van der Waals surface area contributed by atoms with Gasteiger partial charge in [-0.05, 0) is 36.6 Å². The fraction of sp³-hybridized carbons (Fsp3) is 0.300. The van der Waals surface area contributed by atoms with E-state index < -0.39 is 0 Å². The molecule has 25 heavy (non-hydrogen) atoms. The molecule has 0 saturated heterocycles. The zero-order chi connectivity index (χ0) is 18.0. The molecule has 0 amide bonds. The molecule has 1 heterocycles. The van der Waals surface area contributed by atoms with Gasteiger partial charge in [-0.2, -0.15) is 0 Å². The molecule has 0 bridgehead atoms. The van der Waals surface area contributed by atoms with Gasteiger partial charge >= 0.3 is 0 Å². The molecule has 0 fully saturated rings. The Morgan fingerprint density at radius 2 is 1.88 bits per heavy atom. The number of nitrogens with zero attached hydrogens (tertiary/aromatic N) is 2. The molecule has 0 aliphatic heterocycles. The number of fused-ring (bicyclic) bond motifs is 1. The van der Waals surface area contributed by atoms with Crippen LogP contribution in [-0.4, -0.2) is 9.55 Å². The van der Waals surface area contributed by atoms with E-state index in [2.05, 4.69) is 45.0 Å². The number of aryl methyl sites for hydroxylation is 1. The normalized spacial score (nSPS) is 11.4. The number of hydrogen-bond donors (Lipinski definition) is 0. The molecule has 0 unspecified atom stereocenters. The van der Waals surface area contributed by atoms with Crippen LogP contribution in [0.2, 0.25) is 5.02 Å². The van der Waals surface area contributed by atoms with Gasteiger partial charge in [0.2, 0.25) is 0 Å². The Labute approximate surface area is 157 Å². The fourth-order valence-corrected chi connectivity index (χ4v) is 3.78. The SMILES string of the molecule is Cc1ccc(CSc2nc3ccc(Cl)cc3c(=O)n2CC(C)C)cc1. The molecule has 0 aliphatic carbocycles. The second-order valence-electron chi connectivity index (χ2n) is 6.64. The van der Waals surface area contributed by atoms with Crippen LogP contribution in [0.1, 0.15) is 25.0 Å². The number of halogens is 1. The molecule has 0 radical (unpaired) electrons. The minimum absolute atomic E-state index is 0.0207. The number of aromatic nitrogens is 2. The van der Waals surface area contributed by atoms with Gasteiger partial charge in [0.05, 0.1) is 10.9 Å². The smallest absolute Gasteiger partial charge is 0.262 e. The molecule has 3 rings (SSSR count). The van der Waals surface area contributed by atoms with Gasteiger partial charge in [-0.25, -0.2) is 4.98 Å². The first-order valence-electron chi connectivity index (χ1n) is 8.32. The van der Waals surface area contributed by atoms with Gasteiger partial charge in [0.1, 0.15) is 0 Å². The van der Waals surface area contributed by atoms with E-state index >= 15 is 0 Å². The molecule has 2 aromatic carbocycles. The summed E-state index contributed by atoms with van der Waals surface area (Å²) in [5.41, 5.74) is 3.14. The maximum Gasteiger partial charge on any atom is 0.262 e. The average molecular weight is 373 g/mol. The summed E-state index contributed by atoms with van der Waals surface area (Å²) in [5, 5.41) is 1.89. The zero-order valence-electron chi connectivity index (χ0n) is 14.6. The van der Waals surface area contributed by atoms with Crippen molar-refractivity contribution in [2.45, 2.75) is 38.2 Å². The third-order valence-electron chi connectivity index (χ3n) is 3.92. The van der Waals surface area contributed by atoms with Crippen molar-refractivity contribution in [3.63, 3.8) is 0 Å². The number of benzene rings is 2. The highest BCUT2D eigenvalue weighted by atomic mass is 35.5. The molecule has 0 atom stereocenters. The summed E-state index contributed by atoms with van der Waals surface area (Å²) in [5.74, 6) is 1.14. The lowest BCUT2D eigenvalue weighted by atomic mass is 10.2. The molecule has 0 saturated carbocycles. The fourth-order valence-electron chi connectivity index (χ4n) is 2.64. The van der Waals surface area contributed by atoms with Crippen LogP contribution in [0.3, 0.4) is 0 Å². The summed E-state index contributed by atoms with van der Waals surface area (Å²) < 4.78 is 1.78. The molecule has 0 N–H and O–H groups in total. The molecular formula is C20H21ClN2OS. The third-order valence-corrected chi connectivity index (χ3v) is 5.20. The summed E-state index contributed by atoms with van der Waals surface area (Å²) in [6, 6.07) is 13.7. The van der Waals surface area contributed by atoms with Crippen molar-refractivity contribution < 1.29 is 0 Å². The van der Waals surface area contributed by atoms with E-state index in [0.29, 0.717) is 28.4 Å². The van der Waals surface area contributed by atoms with E-state index in [-0.39, 0.29) is 5.56 Å². The maximum absolute atomic E-state index is 12.9. The van der Waals surface area contributed by atoms with Crippen molar-refractivity contribution in [2.24, 2.45) is 5.92 Å². The number of rotatable bonds is 5. The molecular weight excluding hydrogens is 352 g/mol. The first-order chi connectivity index (χ1) is 11.9. The first kappa shape index (κ1) is 18.0. The van der Waals surface area contributed by atoms with Crippen LogP contribution in [-0.2, 0) is 12.3 Å². The zero-order valence-corrected chi connectivity index (χ0v) is 16.2. The summed E-state index contributed by atoms with van der Waals surface area (Å²) >= 11 is 7.66. The Morgan fingerprint density at radius 1 is 1.16 bits per heavy atom. The van der Waals surface area contributed by atoms with E-state index in [1.165, 1.54) is 11.1 Å². The molecule has 0 spiro atoms. The van der Waals surface area contributed by atoms with Crippen LogP contribution in [0.25, 0.3) is 10.9 Å². The Bertz CT molecular complexity index is 948. The standard InChI is InChI=1S/C20H21ClN2OS/c1-13(2)11-23-19(24)17-10-16(21)8-9-18(17)22-20(23)25-12-15-6-4-14(3)5-7-15/h4-10,13H,11-12H2,1-3H3. The summed E-state index contributed by atoms with van der Waals surface area (Å²) in [6.07, 6.45) is 0. The van der Waals surface area contributed by atoms with E-state index in [4.69, 9.17) is 16.6 Å². The number of hydrogen-bond acceptors (Lipinski definition) is 3. The van der Waals surface area contributed by atoms with Crippen LogP contribution in [0, 0.1) is 12.8 Å². The third kappa shape index (κ3) is 4.25. The highest BCUT2D eigenvalue weighted by Crippen LogP contribution is 2.24. The quantitative estimate of drug-likeness (QED) is 0.450. The lowest BCUT2D eigenvalue weighted by molar-refractivity contribution is 0.475. The predicted molar refractivity (Wildman–Crippen MR) is 107 cm³/mol. The van der Waals surface area contributed by atoms with Crippen molar-refractivity contribution in [2.75, 3.05) is 0 Å². The highest BCUT2D eigenvalue weighted by molar-refractivity contribution is 7.98. The van der Waals surface area contributed by atoms with E-state index in [1.807, 2.05) is 6.07 Å². The van der Waals surface area contributed by atoms with Crippen molar-refractivity contribution in [3.05, 3.63) is 69.0 Å². The average Bonchev–Trinajstić information content (AvgIpc) is 2.57. The van der Waals surface area contributed by atoms with Gasteiger partial charge in [-0.3, -0.25) is 9.36 Å². The Morgan fingerprint density at radius 3 is 2.56 bits per heavy atom. The maximum atomic E-state index is 12.9. The largest absolute Gasteiger partial charge is 0.287 e. The van der Waals surface area contributed by atoms with Gasteiger partial charge in [0.25, 0.3) is 5.56 Å². The minimum Gasteiger partial charge on any atom is -0.287 e. The van der Waals surface area contributed by atoms with Crippen molar-refractivity contribution in [3.8, 4) is 0 Å². The van der Waals surface area contributed by atoms with Gasteiger partial charge in [0.15, 0.2) is 5.16 Å². The van der Waals surface area contributed by atoms with Crippen molar-refractivity contribution in [1.29, 1.82) is 0 Å². The number of thioether (sulfide) groups is 1. The van der Waals surface area contributed by atoms with Gasteiger partial charge in [0, 0.05) is 17.3 Å². The van der Waals surface area contributed by atoms with E-state index in [1.54, 1.807) is 28.5 Å². The topological polar surface area (TPSA) is 34.9 Å². The Hall–Kier alpha value is -1.78. The van der Waals surface area contributed by atoms with Crippen LogP contribution in [0.5, 0.6) is 0 Å². The van der Waals surface area contributed by atoms with Crippen LogP contribution < -0.4 is 5.56 Å². The lowest BCUT2D eigenvalue weighted by Crippen LogP contribution is -2.25. The molecule has 3 nitrogen and oxygen atoms in total. The van der Waals surface area contributed by atoms with Crippen molar-refractivity contribution >= 4 is 34.3 Å². The molecule has 3 aromatic rings. The predicted octanol–water partition coefficient (Wildman–Crippen LogP) is 5.31. The van der Waals surface area contributed by atoms with E-state index in [9.17, 15) is 4.79 Å². The van der Waals surface area contributed by atoms with Gasteiger partial charge in [-0.15, -0.1) is 0 Å². The second kappa shape index (κ2) is 7.63. The lowest BCUT2D eigenvalue weighted by Gasteiger charge is -2.15. The van der Waals surface area contributed by atoms with Crippen LogP contribution in [0.15, 0.2) is 52.4 Å². The highest BCUT2D eigenvalue weighted by Gasteiger charge is 2.13. The second-order valence-corrected chi connectivity index (χ2v) is 8.02. The van der Waals surface area contributed by atoms with Crippen molar-refractivity contribution in [1.82, 2.24) is 9.55 Å². The monoisotopic (exact) mass is 372 g/mol. The minimum atomic E-state index is -0.0207. The van der Waals surface area contributed by atoms with Crippen LogP contribution >= 0.6 is 23.4 Å². The molecule has 0 aliphatic rings. The van der Waals surface area contributed by atoms with Crippen LogP contribution in [0.4, 0.5) is 0 Å². The Balaban J connectivity index is 2.01. The van der Waals surface area contributed by atoms with E-state index in [0.717, 1.165) is 10.9 Å². The summed E-state index contributed by atoms with van der Waals surface area (Å²) in [7, 11) is 0.